The minimum absolute atomic E-state index is 0.0660. The van der Waals surface area contributed by atoms with Gasteiger partial charge in [-0.05, 0) is 24.6 Å². The molecule has 4 rings (SSSR count). The van der Waals surface area contributed by atoms with Crippen molar-refractivity contribution in [3.8, 4) is 0 Å². The van der Waals surface area contributed by atoms with Gasteiger partial charge in [0, 0.05) is 44.6 Å². The fraction of sp³-hybridized carbons (Fsp3) is 0.471. The van der Waals surface area contributed by atoms with Gasteiger partial charge in [-0.25, -0.2) is 18.4 Å². The predicted octanol–water partition coefficient (Wildman–Crippen LogP) is 0.797. The normalized spacial score (nSPS) is 22.4. The summed E-state index contributed by atoms with van der Waals surface area (Å²) >= 11 is 0. The van der Waals surface area contributed by atoms with Gasteiger partial charge < -0.3 is 15.1 Å². The maximum atomic E-state index is 11.6. The summed E-state index contributed by atoms with van der Waals surface area (Å²) in [6, 6.07) is 7.66. The van der Waals surface area contributed by atoms with Gasteiger partial charge in [0.25, 0.3) is 0 Å². The van der Waals surface area contributed by atoms with Crippen LogP contribution in [0.2, 0.25) is 0 Å². The van der Waals surface area contributed by atoms with Crippen LogP contribution in [0.5, 0.6) is 0 Å². The van der Waals surface area contributed by atoms with E-state index < -0.39 is 9.84 Å². The molecule has 26 heavy (non-hydrogen) atoms. The lowest BCUT2D eigenvalue weighted by Crippen LogP contribution is -2.47. The van der Waals surface area contributed by atoms with E-state index >= 15 is 0 Å². The summed E-state index contributed by atoms with van der Waals surface area (Å²) in [6.45, 7) is 3.35. The Morgan fingerprint density at radius 2 is 1.81 bits per heavy atom. The Hall–Kier alpha value is -2.42. The lowest BCUT2D eigenvalue weighted by atomic mass is 10.2. The third-order valence-corrected chi connectivity index (χ3v) is 6.53. The molecular weight excluding hydrogens is 352 g/mol. The molecule has 2 aliphatic heterocycles. The van der Waals surface area contributed by atoms with Crippen molar-refractivity contribution in [1.82, 2.24) is 15.0 Å². The Bertz CT molecular complexity index is 853. The topological polar surface area (TPSA) is 91.3 Å². The van der Waals surface area contributed by atoms with E-state index in [9.17, 15) is 8.42 Å². The molecule has 9 heteroatoms. The Morgan fingerprint density at radius 3 is 2.50 bits per heavy atom. The summed E-state index contributed by atoms with van der Waals surface area (Å²) in [7, 11) is -2.91. The fourth-order valence-corrected chi connectivity index (χ4v) is 5.05. The summed E-state index contributed by atoms with van der Waals surface area (Å²) in [6.07, 6.45) is 4.16. The molecule has 4 heterocycles. The molecule has 1 unspecified atom stereocenters. The Morgan fingerprint density at radius 1 is 1.00 bits per heavy atom. The number of piperazine rings is 1. The minimum atomic E-state index is -2.91. The maximum Gasteiger partial charge on any atom is 0.227 e. The van der Waals surface area contributed by atoms with Crippen LogP contribution in [0.1, 0.15) is 6.42 Å². The number of anilines is 3. The van der Waals surface area contributed by atoms with Gasteiger partial charge in [-0.3, -0.25) is 0 Å². The predicted molar refractivity (Wildman–Crippen MR) is 101 cm³/mol. The SMILES string of the molecule is O=S1(=O)CCC(Nc2ccnc(N3CCN(c4ccccn4)CC3)n2)C1. The van der Waals surface area contributed by atoms with Crippen LogP contribution in [0.15, 0.2) is 36.7 Å². The van der Waals surface area contributed by atoms with E-state index in [0.717, 1.165) is 32.0 Å². The molecule has 0 saturated carbocycles. The number of rotatable bonds is 4. The monoisotopic (exact) mass is 374 g/mol. The molecule has 8 nitrogen and oxygen atoms in total. The van der Waals surface area contributed by atoms with E-state index in [0.29, 0.717) is 18.2 Å². The van der Waals surface area contributed by atoms with Gasteiger partial charge in [0.1, 0.15) is 11.6 Å². The number of nitrogens with one attached hydrogen (secondary N) is 1. The zero-order valence-corrected chi connectivity index (χ0v) is 15.3. The van der Waals surface area contributed by atoms with Gasteiger partial charge >= 0.3 is 0 Å². The molecule has 2 aromatic rings. The lowest BCUT2D eigenvalue weighted by molar-refractivity contribution is 0.602. The second-order valence-electron chi connectivity index (χ2n) is 6.65. The molecular formula is C17H22N6O2S. The van der Waals surface area contributed by atoms with Crippen molar-refractivity contribution in [1.29, 1.82) is 0 Å². The van der Waals surface area contributed by atoms with Gasteiger partial charge in [0.15, 0.2) is 9.84 Å². The fourth-order valence-electron chi connectivity index (χ4n) is 3.38. The van der Waals surface area contributed by atoms with Crippen LogP contribution in [0.4, 0.5) is 17.6 Å². The first-order valence-electron chi connectivity index (χ1n) is 8.80. The number of aromatic nitrogens is 3. The first-order valence-corrected chi connectivity index (χ1v) is 10.6. The van der Waals surface area contributed by atoms with Crippen molar-refractivity contribution < 1.29 is 8.42 Å². The highest BCUT2D eigenvalue weighted by Crippen LogP contribution is 2.19. The third kappa shape index (κ3) is 3.87. The van der Waals surface area contributed by atoms with Gasteiger partial charge in [-0.1, -0.05) is 6.07 Å². The minimum Gasteiger partial charge on any atom is -0.366 e. The summed E-state index contributed by atoms with van der Waals surface area (Å²) < 4.78 is 23.2. The molecule has 2 fully saturated rings. The molecule has 1 atom stereocenters. The van der Waals surface area contributed by atoms with Crippen LogP contribution in [0.3, 0.4) is 0 Å². The van der Waals surface area contributed by atoms with Crippen molar-refractivity contribution >= 4 is 27.4 Å². The average Bonchev–Trinajstić information content (AvgIpc) is 3.01. The quantitative estimate of drug-likeness (QED) is 0.840. The second-order valence-corrected chi connectivity index (χ2v) is 8.88. The van der Waals surface area contributed by atoms with E-state index in [4.69, 9.17) is 0 Å². The number of pyridine rings is 1. The Labute approximate surface area is 153 Å². The molecule has 2 saturated heterocycles. The van der Waals surface area contributed by atoms with Crippen LogP contribution in [-0.2, 0) is 9.84 Å². The van der Waals surface area contributed by atoms with E-state index in [2.05, 4.69) is 30.1 Å². The molecule has 138 valence electrons. The largest absolute Gasteiger partial charge is 0.366 e. The molecule has 0 bridgehead atoms. The molecule has 0 radical (unpaired) electrons. The highest BCUT2D eigenvalue weighted by Gasteiger charge is 2.28. The van der Waals surface area contributed by atoms with E-state index in [-0.39, 0.29) is 17.5 Å². The van der Waals surface area contributed by atoms with Crippen LogP contribution in [0.25, 0.3) is 0 Å². The molecule has 0 spiro atoms. The van der Waals surface area contributed by atoms with Crippen molar-refractivity contribution in [2.75, 3.05) is 52.8 Å². The van der Waals surface area contributed by atoms with Gasteiger partial charge in [0.05, 0.1) is 11.5 Å². The first kappa shape index (κ1) is 17.0. The zero-order chi connectivity index (χ0) is 18.0. The Balaban J connectivity index is 1.38. The first-order chi connectivity index (χ1) is 12.6. The van der Waals surface area contributed by atoms with Gasteiger partial charge in [-0.15, -0.1) is 0 Å². The average molecular weight is 374 g/mol. The van der Waals surface area contributed by atoms with Crippen LogP contribution < -0.4 is 15.1 Å². The van der Waals surface area contributed by atoms with E-state index in [1.54, 1.807) is 12.3 Å². The van der Waals surface area contributed by atoms with Crippen molar-refractivity contribution in [3.63, 3.8) is 0 Å². The smallest absolute Gasteiger partial charge is 0.227 e. The summed E-state index contributed by atoms with van der Waals surface area (Å²) in [5.41, 5.74) is 0. The number of hydrogen-bond donors (Lipinski definition) is 1. The zero-order valence-electron chi connectivity index (χ0n) is 14.5. The van der Waals surface area contributed by atoms with E-state index in [1.165, 1.54) is 0 Å². The van der Waals surface area contributed by atoms with Crippen molar-refractivity contribution in [2.45, 2.75) is 12.5 Å². The summed E-state index contributed by atoms with van der Waals surface area (Å²) in [5, 5.41) is 3.23. The van der Waals surface area contributed by atoms with Crippen molar-refractivity contribution in [3.05, 3.63) is 36.7 Å². The second kappa shape index (κ2) is 7.06. The van der Waals surface area contributed by atoms with Crippen LogP contribution >= 0.6 is 0 Å². The molecule has 1 N–H and O–H groups in total. The molecule has 0 aliphatic carbocycles. The standard InChI is InChI=1S/C17H22N6O2S/c24-26(25)12-5-14(13-26)20-15-4-7-19-17(21-15)23-10-8-22(9-11-23)16-3-1-2-6-18-16/h1-4,6-7,14H,5,8-13H2,(H,19,20,21). The highest BCUT2D eigenvalue weighted by molar-refractivity contribution is 7.91. The van der Waals surface area contributed by atoms with Gasteiger partial charge in [0.2, 0.25) is 5.95 Å². The number of nitrogens with zero attached hydrogens (tertiary/aromatic N) is 5. The number of sulfone groups is 1. The van der Waals surface area contributed by atoms with Gasteiger partial charge in [-0.2, -0.15) is 4.98 Å². The van der Waals surface area contributed by atoms with Crippen molar-refractivity contribution in [2.24, 2.45) is 0 Å². The van der Waals surface area contributed by atoms with E-state index in [1.807, 2.05) is 24.4 Å². The lowest BCUT2D eigenvalue weighted by Gasteiger charge is -2.35. The maximum absolute atomic E-state index is 11.6. The molecule has 0 amide bonds. The molecule has 2 aromatic heterocycles. The Kier molecular flexibility index (Phi) is 4.62. The molecule has 0 aromatic carbocycles. The molecule has 2 aliphatic rings. The van der Waals surface area contributed by atoms with Crippen LogP contribution in [0, 0.1) is 0 Å². The third-order valence-electron chi connectivity index (χ3n) is 4.76. The van der Waals surface area contributed by atoms with Crippen LogP contribution in [-0.4, -0.2) is 67.1 Å². The summed E-state index contributed by atoms with van der Waals surface area (Å²) in [5.74, 6) is 2.78. The number of hydrogen-bond acceptors (Lipinski definition) is 8. The highest BCUT2D eigenvalue weighted by atomic mass is 32.2. The summed E-state index contributed by atoms with van der Waals surface area (Å²) in [4.78, 5) is 17.8.